The molecule has 0 heterocycles. The second-order valence-electron chi connectivity index (χ2n) is 23.4. The first kappa shape index (κ1) is 79.1. The zero-order valence-corrected chi connectivity index (χ0v) is 54.7. The Hall–Kier alpha value is -3.93. The largest absolute Gasteiger partial charge is 0.462 e. The van der Waals surface area contributed by atoms with Crippen LogP contribution in [0.1, 0.15) is 342 Å². The van der Waals surface area contributed by atoms with Crippen molar-refractivity contribution < 1.29 is 28.6 Å². The SMILES string of the molecule is CC/C=C\C/C=C\C/C=C\C/C=C\C/C=C\C/C=C\CCCCCCC(=O)OC(COC(=O)CCCCCCCCC/C=C\C/C=C\CCCCC)COC(=O)CCCCCCCCCCCCCCC/C=C\CCCCCCCCCC. The zero-order chi connectivity index (χ0) is 59.9. The number of hydrogen-bond donors (Lipinski definition) is 0. The fourth-order valence-electron chi connectivity index (χ4n) is 9.94. The maximum Gasteiger partial charge on any atom is 0.306 e. The van der Waals surface area contributed by atoms with Gasteiger partial charge in [0.2, 0.25) is 0 Å². The Morgan fingerprint density at radius 3 is 0.771 bits per heavy atom. The monoisotopic (exact) mass is 1150 g/mol. The third-order valence-corrected chi connectivity index (χ3v) is 15.2. The lowest BCUT2D eigenvalue weighted by atomic mass is 10.0. The van der Waals surface area contributed by atoms with Crippen LogP contribution < -0.4 is 0 Å². The van der Waals surface area contributed by atoms with E-state index in [1.54, 1.807) is 0 Å². The first-order valence-electron chi connectivity index (χ1n) is 35.4. The third kappa shape index (κ3) is 68.7. The summed E-state index contributed by atoms with van der Waals surface area (Å²) in [5, 5.41) is 0. The molecule has 0 aliphatic heterocycles. The number of carbonyl (C=O) groups is 3. The van der Waals surface area contributed by atoms with Crippen molar-refractivity contribution in [3.63, 3.8) is 0 Å². The summed E-state index contributed by atoms with van der Waals surface area (Å²) in [6, 6.07) is 0. The van der Waals surface area contributed by atoms with E-state index in [4.69, 9.17) is 14.2 Å². The third-order valence-electron chi connectivity index (χ3n) is 15.2. The molecule has 0 amide bonds. The van der Waals surface area contributed by atoms with Gasteiger partial charge in [0.25, 0.3) is 0 Å². The molecule has 0 aliphatic carbocycles. The number of esters is 3. The van der Waals surface area contributed by atoms with E-state index in [0.717, 1.165) is 122 Å². The summed E-state index contributed by atoms with van der Waals surface area (Å²) in [7, 11) is 0. The van der Waals surface area contributed by atoms with Gasteiger partial charge in [-0.15, -0.1) is 0 Å². The number of hydrogen-bond acceptors (Lipinski definition) is 6. The van der Waals surface area contributed by atoms with Gasteiger partial charge in [-0.05, 0) is 128 Å². The van der Waals surface area contributed by atoms with Crippen molar-refractivity contribution >= 4 is 17.9 Å². The molecular formula is C77H132O6. The van der Waals surface area contributed by atoms with Gasteiger partial charge >= 0.3 is 17.9 Å². The average Bonchev–Trinajstić information content (AvgIpc) is 3.49. The molecule has 0 aromatic carbocycles. The van der Waals surface area contributed by atoms with Crippen LogP contribution in [-0.2, 0) is 28.6 Å². The van der Waals surface area contributed by atoms with Crippen LogP contribution >= 0.6 is 0 Å². The van der Waals surface area contributed by atoms with Crippen molar-refractivity contribution in [2.75, 3.05) is 13.2 Å². The predicted octanol–water partition coefficient (Wildman–Crippen LogP) is 24.6. The van der Waals surface area contributed by atoms with E-state index in [2.05, 4.69) is 130 Å². The lowest BCUT2D eigenvalue weighted by Crippen LogP contribution is -2.30. The highest BCUT2D eigenvalue weighted by atomic mass is 16.6. The van der Waals surface area contributed by atoms with Gasteiger partial charge in [0, 0.05) is 19.3 Å². The van der Waals surface area contributed by atoms with E-state index in [0.29, 0.717) is 19.3 Å². The Balaban J connectivity index is 4.41. The zero-order valence-electron chi connectivity index (χ0n) is 54.7. The van der Waals surface area contributed by atoms with Gasteiger partial charge in [-0.25, -0.2) is 0 Å². The molecule has 0 bridgehead atoms. The Labute approximate surface area is 514 Å². The van der Waals surface area contributed by atoms with Gasteiger partial charge < -0.3 is 14.2 Å². The van der Waals surface area contributed by atoms with E-state index in [1.807, 2.05) is 0 Å². The van der Waals surface area contributed by atoms with Gasteiger partial charge in [0.1, 0.15) is 13.2 Å². The Morgan fingerprint density at radius 2 is 0.470 bits per heavy atom. The van der Waals surface area contributed by atoms with Crippen molar-refractivity contribution in [3.05, 3.63) is 109 Å². The molecule has 476 valence electrons. The van der Waals surface area contributed by atoms with E-state index in [9.17, 15) is 14.4 Å². The smallest absolute Gasteiger partial charge is 0.306 e. The summed E-state index contributed by atoms with van der Waals surface area (Å²) in [5.41, 5.74) is 0. The van der Waals surface area contributed by atoms with Gasteiger partial charge in [0.15, 0.2) is 6.10 Å². The van der Waals surface area contributed by atoms with Crippen LogP contribution in [-0.4, -0.2) is 37.2 Å². The van der Waals surface area contributed by atoms with Crippen LogP contribution in [0.4, 0.5) is 0 Å². The summed E-state index contributed by atoms with van der Waals surface area (Å²) >= 11 is 0. The van der Waals surface area contributed by atoms with Crippen LogP contribution in [0.5, 0.6) is 0 Å². The summed E-state index contributed by atoms with van der Waals surface area (Å²) in [5.74, 6) is -0.911. The van der Waals surface area contributed by atoms with Crippen molar-refractivity contribution in [2.24, 2.45) is 0 Å². The van der Waals surface area contributed by atoms with Gasteiger partial charge in [-0.1, -0.05) is 304 Å². The normalized spacial score (nSPS) is 12.8. The number of unbranched alkanes of at least 4 members (excludes halogenated alkanes) is 35. The molecule has 0 aliphatic rings. The maximum atomic E-state index is 13.0. The molecule has 1 unspecified atom stereocenters. The second-order valence-corrected chi connectivity index (χ2v) is 23.4. The predicted molar refractivity (Wildman–Crippen MR) is 362 cm³/mol. The highest BCUT2D eigenvalue weighted by Crippen LogP contribution is 2.17. The van der Waals surface area contributed by atoms with Crippen molar-refractivity contribution in [1.29, 1.82) is 0 Å². The maximum absolute atomic E-state index is 13.0. The number of carbonyl (C=O) groups excluding carboxylic acids is 3. The Bertz CT molecular complexity index is 1660. The minimum atomic E-state index is -0.799. The van der Waals surface area contributed by atoms with E-state index < -0.39 is 6.10 Å². The van der Waals surface area contributed by atoms with E-state index in [1.165, 1.54) is 180 Å². The first-order valence-corrected chi connectivity index (χ1v) is 35.4. The average molecular weight is 1150 g/mol. The molecule has 0 aromatic heterocycles. The lowest BCUT2D eigenvalue weighted by molar-refractivity contribution is -0.167. The number of rotatable bonds is 64. The van der Waals surface area contributed by atoms with Gasteiger partial charge in [0.05, 0.1) is 0 Å². The van der Waals surface area contributed by atoms with E-state index >= 15 is 0 Å². The Morgan fingerprint density at radius 1 is 0.253 bits per heavy atom. The van der Waals surface area contributed by atoms with Crippen LogP contribution in [0.2, 0.25) is 0 Å². The van der Waals surface area contributed by atoms with Crippen LogP contribution in [0.15, 0.2) is 109 Å². The highest BCUT2D eigenvalue weighted by Gasteiger charge is 2.19. The minimum absolute atomic E-state index is 0.0907. The highest BCUT2D eigenvalue weighted by molar-refractivity contribution is 5.71. The number of allylic oxidation sites excluding steroid dienone is 18. The molecule has 0 rings (SSSR count). The van der Waals surface area contributed by atoms with Crippen molar-refractivity contribution in [3.8, 4) is 0 Å². The standard InChI is InChI=1S/C77H132O6/c1-4-7-10-13-16-19-22-25-28-31-33-35-37-38-40-41-43-46-49-52-55-58-61-64-67-70-76(79)82-73-74(72-81-75(78)69-66-63-60-57-54-51-48-45-30-27-24-21-18-15-12-9-6-3)83-77(80)71-68-65-62-59-56-53-50-47-44-42-39-36-34-32-29-26-23-20-17-14-11-8-5-2/h8,11,17-18,20-21,26-27,29-31,33-34,36,42,44,50,53,74H,4-7,9-10,12-16,19,22-25,28,32,35,37-41,43,45-49,51-52,54-73H2,1-3H3/b11-8-,20-17-,21-18-,29-26-,30-27-,33-31-,36-34-,44-42-,53-50-. The van der Waals surface area contributed by atoms with Crippen LogP contribution in [0, 0.1) is 0 Å². The molecule has 0 aromatic rings. The molecule has 0 N–H and O–H groups in total. The van der Waals surface area contributed by atoms with E-state index in [-0.39, 0.29) is 31.1 Å². The molecule has 6 nitrogen and oxygen atoms in total. The summed E-state index contributed by atoms with van der Waals surface area (Å²) < 4.78 is 17.0. The Kier molecular flexibility index (Phi) is 67.2. The molecular weight excluding hydrogens is 1020 g/mol. The topological polar surface area (TPSA) is 78.9 Å². The fraction of sp³-hybridized carbons (Fsp3) is 0.727. The fourth-order valence-corrected chi connectivity index (χ4v) is 9.94. The molecule has 1 atom stereocenters. The summed E-state index contributed by atoms with van der Waals surface area (Å²) in [6.45, 7) is 6.51. The van der Waals surface area contributed by atoms with Crippen molar-refractivity contribution in [1.82, 2.24) is 0 Å². The quantitative estimate of drug-likeness (QED) is 0.0261. The first-order chi connectivity index (χ1) is 41.0. The van der Waals surface area contributed by atoms with Crippen LogP contribution in [0.3, 0.4) is 0 Å². The van der Waals surface area contributed by atoms with Gasteiger partial charge in [-0.2, -0.15) is 0 Å². The lowest BCUT2D eigenvalue weighted by Gasteiger charge is -2.18. The minimum Gasteiger partial charge on any atom is -0.462 e. The molecule has 83 heavy (non-hydrogen) atoms. The molecule has 0 saturated carbocycles. The molecule has 0 spiro atoms. The van der Waals surface area contributed by atoms with Crippen LogP contribution in [0.25, 0.3) is 0 Å². The molecule has 0 saturated heterocycles. The molecule has 6 heteroatoms. The summed E-state index contributed by atoms with van der Waals surface area (Å²) in [6.07, 6.45) is 96.8. The molecule has 0 fully saturated rings. The summed E-state index contributed by atoms with van der Waals surface area (Å²) in [4.78, 5) is 38.5. The molecule has 0 radical (unpaired) electrons. The van der Waals surface area contributed by atoms with Gasteiger partial charge in [-0.3, -0.25) is 14.4 Å². The second kappa shape index (κ2) is 70.6. The van der Waals surface area contributed by atoms with Crippen molar-refractivity contribution in [2.45, 2.75) is 348 Å². The number of ether oxygens (including phenoxy) is 3.